The van der Waals surface area contributed by atoms with Crippen LogP contribution in [-0.4, -0.2) is 64.7 Å². The normalized spacial score (nSPS) is 11.9. The molecule has 0 aliphatic heterocycles. The maximum atomic E-state index is 13.5. The number of rotatable bonds is 12. The number of methoxy groups -OCH3 is 1. The Morgan fingerprint density at radius 1 is 1.06 bits per heavy atom. The van der Waals surface area contributed by atoms with Gasteiger partial charge in [-0.25, -0.2) is 8.42 Å². The number of hydrogen-bond donors (Lipinski definition) is 1. The first kappa shape index (κ1) is 27.0. The van der Waals surface area contributed by atoms with Crippen molar-refractivity contribution in [3.05, 3.63) is 54.1 Å². The van der Waals surface area contributed by atoms with Crippen molar-refractivity contribution in [1.29, 1.82) is 0 Å². The van der Waals surface area contributed by atoms with E-state index in [1.54, 1.807) is 56.5 Å². The molecular formula is C24H33N3O6S. The highest BCUT2D eigenvalue weighted by Crippen LogP contribution is 2.23. The van der Waals surface area contributed by atoms with Crippen LogP contribution in [0.5, 0.6) is 11.5 Å². The highest BCUT2D eigenvalue weighted by molar-refractivity contribution is 7.92. The SMILES string of the molecule is CCOc1ccc(N(CC(=O)N(Cc2cccc(OC)c2)C(CC)C(=O)NC)S(C)(=O)=O)cc1. The molecule has 1 atom stereocenters. The van der Waals surface area contributed by atoms with Crippen molar-refractivity contribution in [2.45, 2.75) is 32.9 Å². The van der Waals surface area contributed by atoms with Crippen molar-refractivity contribution < 1.29 is 27.5 Å². The summed E-state index contributed by atoms with van der Waals surface area (Å²) in [4.78, 5) is 27.5. The number of amides is 2. The molecular weight excluding hydrogens is 458 g/mol. The maximum absolute atomic E-state index is 13.5. The van der Waals surface area contributed by atoms with Crippen LogP contribution in [0.15, 0.2) is 48.5 Å². The Labute approximate surface area is 201 Å². The lowest BCUT2D eigenvalue weighted by Gasteiger charge is -2.32. The minimum absolute atomic E-state index is 0.114. The van der Waals surface area contributed by atoms with Crippen LogP contribution in [-0.2, 0) is 26.2 Å². The molecule has 2 aromatic carbocycles. The molecule has 1 unspecified atom stereocenters. The quantitative estimate of drug-likeness (QED) is 0.489. The van der Waals surface area contributed by atoms with Gasteiger partial charge in [0.15, 0.2) is 0 Å². The zero-order chi connectivity index (χ0) is 25.3. The molecule has 0 spiro atoms. The van der Waals surface area contributed by atoms with Gasteiger partial charge in [-0.05, 0) is 55.3 Å². The molecule has 0 aromatic heterocycles. The van der Waals surface area contributed by atoms with Crippen LogP contribution in [0.2, 0.25) is 0 Å². The first-order chi connectivity index (χ1) is 16.1. The smallest absolute Gasteiger partial charge is 0.244 e. The average Bonchev–Trinajstić information content (AvgIpc) is 2.82. The number of nitrogens with zero attached hydrogens (tertiary/aromatic N) is 2. The molecule has 10 heteroatoms. The van der Waals surface area contributed by atoms with Crippen molar-refractivity contribution >= 4 is 27.5 Å². The van der Waals surface area contributed by atoms with E-state index in [1.165, 1.54) is 11.9 Å². The first-order valence-corrected chi connectivity index (χ1v) is 12.8. The molecule has 0 saturated heterocycles. The molecule has 0 heterocycles. The van der Waals surface area contributed by atoms with Gasteiger partial charge in [0.2, 0.25) is 21.8 Å². The molecule has 186 valence electrons. The van der Waals surface area contributed by atoms with Gasteiger partial charge < -0.3 is 19.7 Å². The van der Waals surface area contributed by atoms with E-state index in [1.807, 2.05) is 13.0 Å². The summed E-state index contributed by atoms with van der Waals surface area (Å²) >= 11 is 0. The van der Waals surface area contributed by atoms with Gasteiger partial charge in [0.1, 0.15) is 24.1 Å². The van der Waals surface area contributed by atoms with Gasteiger partial charge in [-0.1, -0.05) is 19.1 Å². The third-order valence-corrected chi connectivity index (χ3v) is 6.37. The zero-order valence-corrected chi connectivity index (χ0v) is 21.1. The van der Waals surface area contributed by atoms with Crippen LogP contribution in [0.1, 0.15) is 25.8 Å². The molecule has 0 aliphatic carbocycles. The first-order valence-electron chi connectivity index (χ1n) is 11.0. The third-order valence-electron chi connectivity index (χ3n) is 5.23. The van der Waals surface area contributed by atoms with E-state index in [0.29, 0.717) is 30.2 Å². The van der Waals surface area contributed by atoms with E-state index < -0.39 is 28.5 Å². The highest BCUT2D eigenvalue weighted by Gasteiger charge is 2.31. The Morgan fingerprint density at radius 3 is 2.26 bits per heavy atom. The Morgan fingerprint density at radius 2 is 1.74 bits per heavy atom. The predicted molar refractivity (Wildman–Crippen MR) is 131 cm³/mol. The van der Waals surface area contributed by atoms with Crippen molar-refractivity contribution in [3.63, 3.8) is 0 Å². The molecule has 2 rings (SSSR count). The summed E-state index contributed by atoms with van der Waals surface area (Å²) in [5.74, 6) is 0.379. The van der Waals surface area contributed by atoms with Crippen molar-refractivity contribution in [2.24, 2.45) is 0 Å². The Kier molecular flexibility index (Phi) is 9.73. The summed E-state index contributed by atoms with van der Waals surface area (Å²) in [5.41, 5.74) is 1.08. The summed E-state index contributed by atoms with van der Waals surface area (Å²) in [6.45, 7) is 3.79. The standard InChI is InChI=1S/C24H33N3O6S/c1-6-22(24(29)25-3)26(16-18-9-8-10-21(15-18)32-4)23(28)17-27(34(5,30)31)19-11-13-20(14-12-19)33-7-2/h8-15,22H,6-7,16-17H2,1-5H3,(H,25,29). The number of hydrogen-bond acceptors (Lipinski definition) is 6. The van der Waals surface area contributed by atoms with Gasteiger partial charge in [-0.3, -0.25) is 13.9 Å². The van der Waals surface area contributed by atoms with E-state index >= 15 is 0 Å². The molecule has 0 fully saturated rings. The number of nitrogens with one attached hydrogen (secondary N) is 1. The monoisotopic (exact) mass is 491 g/mol. The van der Waals surface area contributed by atoms with E-state index in [4.69, 9.17) is 9.47 Å². The lowest BCUT2D eigenvalue weighted by atomic mass is 10.1. The van der Waals surface area contributed by atoms with Gasteiger partial charge in [-0.2, -0.15) is 0 Å². The molecule has 1 N–H and O–H groups in total. The summed E-state index contributed by atoms with van der Waals surface area (Å²) in [7, 11) is -0.743. The molecule has 2 amide bonds. The van der Waals surface area contributed by atoms with Crippen LogP contribution >= 0.6 is 0 Å². The highest BCUT2D eigenvalue weighted by atomic mass is 32.2. The number of anilines is 1. The van der Waals surface area contributed by atoms with E-state index in [9.17, 15) is 18.0 Å². The second-order valence-corrected chi connectivity index (χ2v) is 9.51. The second-order valence-electron chi connectivity index (χ2n) is 7.61. The average molecular weight is 492 g/mol. The number of ether oxygens (including phenoxy) is 2. The van der Waals surface area contributed by atoms with Crippen LogP contribution in [0.25, 0.3) is 0 Å². The van der Waals surface area contributed by atoms with E-state index in [2.05, 4.69) is 5.32 Å². The molecule has 0 saturated carbocycles. The third kappa shape index (κ3) is 7.11. The van der Waals surface area contributed by atoms with Gasteiger partial charge >= 0.3 is 0 Å². The van der Waals surface area contributed by atoms with Gasteiger partial charge in [0.05, 0.1) is 25.7 Å². The minimum atomic E-state index is -3.79. The Hall–Kier alpha value is -3.27. The van der Waals surface area contributed by atoms with Crippen LogP contribution in [0, 0.1) is 0 Å². The lowest BCUT2D eigenvalue weighted by Crippen LogP contribution is -2.51. The number of carbonyl (C=O) groups excluding carboxylic acids is 2. The van der Waals surface area contributed by atoms with E-state index in [-0.39, 0.29) is 12.5 Å². The molecule has 2 aromatic rings. The fourth-order valence-electron chi connectivity index (χ4n) is 3.54. The number of sulfonamides is 1. The summed E-state index contributed by atoms with van der Waals surface area (Å²) in [5, 5.41) is 2.59. The topological polar surface area (TPSA) is 105 Å². The van der Waals surface area contributed by atoms with Crippen LogP contribution in [0.3, 0.4) is 0 Å². The second kappa shape index (κ2) is 12.3. The zero-order valence-electron chi connectivity index (χ0n) is 20.3. The van der Waals surface area contributed by atoms with Gasteiger partial charge in [0, 0.05) is 13.6 Å². The van der Waals surface area contributed by atoms with Crippen LogP contribution < -0.4 is 19.1 Å². The van der Waals surface area contributed by atoms with Gasteiger partial charge in [-0.15, -0.1) is 0 Å². The fourth-order valence-corrected chi connectivity index (χ4v) is 4.39. The van der Waals surface area contributed by atoms with Crippen LogP contribution in [0.4, 0.5) is 5.69 Å². The Balaban J connectivity index is 2.40. The molecule has 34 heavy (non-hydrogen) atoms. The molecule has 0 aliphatic rings. The summed E-state index contributed by atoms with van der Waals surface area (Å²) < 4.78 is 36.9. The van der Waals surface area contributed by atoms with Crippen molar-refractivity contribution in [2.75, 3.05) is 37.9 Å². The Bertz CT molecular complexity index is 1070. The lowest BCUT2D eigenvalue weighted by molar-refractivity contribution is -0.140. The molecule has 9 nitrogen and oxygen atoms in total. The maximum Gasteiger partial charge on any atom is 0.244 e. The largest absolute Gasteiger partial charge is 0.497 e. The van der Waals surface area contributed by atoms with E-state index in [0.717, 1.165) is 16.1 Å². The summed E-state index contributed by atoms with van der Waals surface area (Å²) in [6, 6.07) is 12.9. The molecule has 0 bridgehead atoms. The minimum Gasteiger partial charge on any atom is -0.497 e. The van der Waals surface area contributed by atoms with Crippen molar-refractivity contribution in [1.82, 2.24) is 10.2 Å². The van der Waals surface area contributed by atoms with Gasteiger partial charge in [0.25, 0.3) is 0 Å². The number of carbonyl (C=O) groups is 2. The summed E-state index contributed by atoms with van der Waals surface area (Å²) in [6.07, 6.45) is 1.40. The predicted octanol–water partition coefficient (Wildman–Crippen LogP) is 2.41. The number of benzene rings is 2. The number of likely N-dealkylation sites (N-methyl/N-ethyl adjacent to an activating group) is 1. The van der Waals surface area contributed by atoms with Crippen molar-refractivity contribution in [3.8, 4) is 11.5 Å². The fraction of sp³-hybridized carbons (Fsp3) is 0.417. The molecule has 0 radical (unpaired) electrons.